The van der Waals surface area contributed by atoms with Crippen molar-refractivity contribution < 1.29 is 27.7 Å². The Morgan fingerprint density at radius 2 is 1.86 bits per heavy atom. The molecule has 0 unspecified atom stereocenters. The van der Waals surface area contributed by atoms with E-state index in [0.717, 1.165) is 24.3 Å². The lowest BCUT2D eigenvalue weighted by atomic mass is 10.1. The number of benzene rings is 2. The van der Waals surface area contributed by atoms with Crippen LogP contribution in [0.5, 0.6) is 0 Å². The standard InChI is InChI=1S/C13H11N4O9PS/c14-28(25,26)6-1-2-7-8(3-6)11-9(4-10(7)17(20)21)15-12(18)13(19)16(11)5-27(22,23)24/h1-4H,5H2,(H,15,18)(H2,14,25,26)(H2,22,23,24). The molecule has 1 heterocycles. The summed E-state index contributed by atoms with van der Waals surface area (Å²) in [4.78, 5) is 54.8. The summed E-state index contributed by atoms with van der Waals surface area (Å²) in [5, 5.41) is 16.1. The van der Waals surface area contributed by atoms with E-state index >= 15 is 0 Å². The minimum Gasteiger partial charge on any atom is -0.323 e. The lowest BCUT2D eigenvalue weighted by Gasteiger charge is -2.13. The van der Waals surface area contributed by atoms with Gasteiger partial charge in [-0.1, -0.05) is 0 Å². The molecule has 0 spiro atoms. The normalized spacial score (nSPS) is 12.5. The number of rotatable bonds is 4. The average molecular weight is 430 g/mol. The summed E-state index contributed by atoms with van der Waals surface area (Å²) in [5.74, 6) is 0. The number of sulfonamides is 1. The molecule has 0 saturated heterocycles. The lowest BCUT2D eigenvalue weighted by Crippen LogP contribution is -2.36. The van der Waals surface area contributed by atoms with Gasteiger partial charge in [-0.25, -0.2) is 13.6 Å². The first-order valence-corrected chi connectivity index (χ1v) is 10.6. The first-order valence-electron chi connectivity index (χ1n) is 7.25. The molecule has 28 heavy (non-hydrogen) atoms. The fourth-order valence-electron chi connectivity index (χ4n) is 2.80. The molecule has 0 aliphatic rings. The van der Waals surface area contributed by atoms with Crippen molar-refractivity contribution in [2.24, 2.45) is 5.14 Å². The van der Waals surface area contributed by atoms with Crippen molar-refractivity contribution in [1.82, 2.24) is 9.55 Å². The van der Waals surface area contributed by atoms with Crippen molar-refractivity contribution >= 4 is 45.1 Å². The molecule has 0 radical (unpaired) electrons. The van der Waals surface area contributed by atoms with Gasteiger partial charge in [-0.2, -0.15) is 0 Å². The average Bonchev–Trinajstić information content (AvgIpc) is 2.55. The summed E-state index contributed by atoms with van der Waals surface area (Å²) in [5.41, 5.74) is -3.70. The SMILES string of the molecule is NS(=O)(=O)c1ccc2c([N+](=O)[O-])cc3[nH]c(=O)c(=O)n(CP(=O)(O)O)c3c2c1. The third-order valence-electron chi connectivity index (χ3n) is 3.87. The van der Waals surface area contributed by atoms with Gasteiger partial charge in [0.25, 0.3) is 5.69 Å². The molecule has 2 aromatic carbocycles. The molecule has 148 valence electrons. The Labute approximate surface area is 154 Å². The summed E-state index contributed by atoms with van der Waals surface area (Å²) in [7, 11) is -9.10. The van der Waals surface area contributed by atoms with Crippen LogP contribution < -0.4 is 16.3 Å². The number of nitrogens with two attached hydrogens (primary N) is 1. The van der Waals surface area contributed by atoms with E-state index in [1.165, 1.54) is 0 Å². The van der Waals surface area contributed by atoms with E-state index in [9.17, 15) is 42.5 Å². The summed E-state index contributed by atoms with van der Waals surface area (Å²) in [6.45, 7) is 0. The zero-order valence-electron chi connectivity index (χ0n) is 13.6. The number of nitrogens with zero attached hydrogens (tertiary/aromatic N) is 2. The van der Waals surface area contributed by atoms with E-state index in [-0.39, 0.29) is 21.8 Å². The minimum atomic E-state index is -4.86. The number of H-pyrrole nitrogens is 1. The number of non-ortho nitro benzene ring substituents is 1. The van der Waals surface area contributed by atoms with Crippen LogP contribution in [0.4, 0.5) is 5.69 Å². The van der Waals surface area contributed by atoms with Crippen LogP contribution in [0.25, 0.3) is 21.8 Å². The molecule has 5 N–H and O–H groups in total. The van der Waals surface area contributed by atoms with Crippen LogP contribution in [-0.4, -0.2) is 32.7 Å². The van der Waals surface area contributed by atoms with Crippen LogP contribution in [0.2, 0.25) is 0 Å². The van der Waals surface area contributed by atoms with Gasteiger partial charge in [-0.15, -0.1) is 0 Å². The van der Waals surface area contributed by atoms with E-state index in [1.807, 2.05) is 0 Å². The third kappa shape index (κ3) is 3.46. The highest BCUT2D eigenvalue weighted by Gasteiger charge is 2.24. The predicted molar refractivity (Wildman–Crippen MR) is 96.4 cm³/mol. The molecule has 15 heteroatoms. The van der Waals surface area contributed by atoms with Gasteiger partial charge in [0.15, 0.2) is 0 Å². The van der Waals surface area contributed by atoms with Gasteiger partial charge in [-0.05, 0) is 18.2 Å². The van der Waals surface area contributed by atoms with E-state index < -0.39 is 50.5 Å². The van der Waals surface area contributed by atoms with Gasteiger partial charge in [0.05, 0.1) is 26.2 Å². The van der Waals surface area contributed by atoms with Crippen molar-refractivity contribution in [3.05, 3.63) is 55.1 Å². The maximum atomic E-state index is 12.2. The summed E-state index contributed by atoms with van der Waals surface area (Å²) < 4.78 is 35.2. The van der Waals surface area contributed by atoms with Gasteiger partial charge in [0, 0.05) is 11.5 Å². The monoisotopic (exact) mass is 430 g/mol. The van der Waals surface area contributed by atoms with Gasteiger partial charge >= 0.3 is 18.7 Å². The second-order valence-corrected chi connectivity index (χ2v) is 8.97. The van der Waals surface area contributed by atoms with E-state index in [0.29, 0.717) is 4.57 Å². The van der Waals surface area contributed by atoms with Gasteiger partial charge < -0.3 is 14.8 Å². The van der Waals surface area contributed by atoms with Crippen molar-refractivity contribution in [3.63, 3.8) is 0 Å². The number of primary sulfonamides is 1. The first kappa shape index (κ1) is 19.9. The molecule has 0 atom stereocenters. The number of aromatic amines is 1. The van der Waals surface area contributed by atoms with Gasteiger partial charge in [0.2, 0.25) is 10.0 Å². The summed E-state index contributed by atoms with van der Waals surface area (Å²) in [6, 6.07) is 3.91. The Balaban J connectivity index is 2.67. The number of aromatic nitrogens is 2. The number of hydrogen-bond acceptors (Lipinski definition) is 7. The Morgan fingerprint density at radius 3 is 2.39 bits per heavy atom. The molecule has 0 amide bonds. The predicted octanol–water partition coefficient (Wildman–Crippen LogP) is -0.466. The first-order chi connectivity index (χ1) is 12.8. The maximum Gasteiger partial charge on any atom is 0.345 e. The van der Waals surface area contributed by atoms with Gasteiger partial charge in [0.1, 0.15) is 6.29 Å². The minimum absolute atomic E-state index is 0.129. The highest BCUT2D eigenvalue weighted by atomic mass is 32.2. The zero-order chi connectivity index (χ0) is 21.0. The van der Waals surface area contributed by atoms with Crippen LogP contribution >= 0.6 is 7.60 Å². The molecule has 0 saturated carbocycles. The highest BCUT2D eigenvalue weighted by Crippen LogP contribution is 2.39. The number of hydrogen-bond donors (Lipinski definition) is 4. The third-order valence-corrected chi connectivity index (χ3v) is 5.43. The molecule has 0 aliphatic heterocycles. The molecule has 0 fully saturated rings. The Morgan fingerprint density at radius 1 is 1.21 bits per heavy atom. The van der Waals surface area contributed by atoms with Crippen LogP contribution in [0, 0.1) is 10.1 Å². The number of fused-ring (bicyclic) bond motifs is 3. The molecule has 0 bridgehead atoms. The smallest absolute Gasteiger partial charge is 0.323 e. The zero-order valence-corrected chi connectivity index (χ0v) is 15.3. The van der Waals surface area contributed by atoms with Crippen molar-refractivity contribution in [1.29, 1.82) is 0 Å². The van der Waals surface area contributed by atoms with E-state index in [4.69, 9.17) is 5.14 Å². The number of nitro benzene ring substituents is 1. The topological polar surface area (TPSA) is 216 Å². The largest absolute Gasteiger partial charge is 0.345 e. The van der Waals surface area contributed by atoms with Crippen molar-refractivity contribution in [2.75, 3.05) is 0 Å². The van der Waals surface area contributed by atoms with E-state index in [1.54, 1.807) is 0 Å². The second kappa shape index (κ2) is 6.32. The molecular formula is C13H11N4O9PS. The van der Waals surface area contributed by atoms with Crippen LogP contribution in [0.1, 0.15) is 0 Å². The second-order valence-electron chi connectivity index (χ2n) is 5.79. The molecule has 3 aromatic rings. The van der Waals surface area contributed by atoms with Gasteiger partial charge in [-0.3, -0.25) is 28.8 Å². The fourth-order valence-corrected chi connectivity index (χ4v) is 3.98. The Kier molecular flexibility index (Phi) is 4.48. The molecule has 13 nitrogen and oxygen atoms in total. The fraction of sp³-hybridized carbons (Fsp3) is 0.0769. The molecule has 0 aliphatic carbocycles. The van der Waals surface area contributed by atoms with Crippen molar-refractivity contribution in [3.8, 4) is 0 Å². The number of nitrogens with one attached hydrogen (secondary N) is 1. The Bertz CT molecular complexity index is 1430. The van der Waals surface area contributed by atoms with Crippen LogP contribution in [0.3, 0.4) is 0 Å². The summed E-state index contributed by atoms with van der Waals surface area (Å²) >= 11 is 0. The quantitative estimate of drug-likeness (QED) is 0.138. The molecular weight excluding hydrogens is 419 g/mol. The molecule has 1 aromatic heterocycles. The van der Waals surface area contributed by atoms with Crippen LogP contribution in [-0.2, 0) is 20.9 Å². The molecule has 3 rings (SSSR count). The maximum absolute atomic E-state index is 12.2. The number of nitro groups is 1. The lowest BCUT2D eigenvalue weighted by molar-refractivity contribution is -0.382. The Hall–Kier alpha value is -2.90. The van der Waals surface area contributed by atoms with Crippen molar-refractivity contribution in [2.45, 2.75) is 11.2 Å². The van der Waals surface area contributed by atoms with Crippen LogP contribution in [0.15, 0.2) is 38.8 Å². The summed E-state index contributed by atoms with van der Waals surface area (Å²) in [6.07, 6.45) is -1.20. The van der Waals surface area contributed by atoms with E-state index in [2.05, 4.69) is 4.98 Å². The highest BCUT2D eigenvalue weighted by molar-refractivity contribution is 7.89.